The van der Waals surface area contributed by atoms with Gasteiger partial charge in [0.25, 0.3) is 0 Å². The maximum Gasteiger partial charge on any atom is 0.317 e. The van der Waals surface area contributed by atoms with E-state index in [2.05, 4.69) is 9.97 Å². The normalized spacial score (nSPS) is 25.4. The molecule has 4 nitrogen and oxygen atoms in total. The Bertz CT molecular complexity index is 361. The van der Waals surface area contributed by atoms with E-state index in [0.29, 0.717) is 6.01 Å². The summed E-state index contributed by atoms with van der Waals surface area (Å²) in [4.78, 5) is 8.61. The van der Waals surface area contributed by atoms with Crippen LogP contribution in [-0.4, -0.2) is 22.1 Å². The summed E-state index contributed by atoms with van der Waals surface area (Å²) in [5, 5.41) is 0. The Morgan fingerprint density at radius 1 is 1.12 bits per heavy atom. The molecular formula is C13H21N3O. The van der Waals surface area contributed by atoms with Gasteiger partial charge in [-0.1, -0.05) is 12.8 Å². The lowest BCUT2D eigenvalue weighted by atomic mass is 10.1. The maximum absolute atomic E-state index is 6.12. The van der Waals surface area contributed by atoms with Gasteiger partial charge in [0.05, 0.1) is 0 Å². The zero-order chi connectivity index (χ0) is 12.3. The van der Waals surface area contributed by atoms with Gasteiger partial charge in [0.2, 0.25) is 0 Å². The minimum absolute atomic E-state index is 0.0682. The van der Waals surface area contributed by atoms with Crippen LogP contribution in [0, 0.1) is 13.8 Å². The summed E-state index contributed by atoms with van der Waals surface area (Å²) in [6, 6.07) is 2.53. The molecule has 0 radical (unpaired) electrons. The molecule has 4 heteroatoms. The van der Waals surface area contributed by atoms with Gasteiger partial charge in [-0.05, 0) is 39.2 Å². The van der Waals surface area contributed by atoms with Crippen LogP contribution in [0.3, 0.4) is 0 Å². The zero-order valence-electron chi connectivity index (χ0n) is 10.6. The van der Waals surface area contributed by atoms with E-state index in [1.165, 1.54) is 19.3 Å². The van der Waals surface area contributed by atoms with E-state index in [1.807, 2.05) is 19.9 Å². The molecule has 17 heavy (non-hydrogen) atoms. The van der Waals surface area contributed by atoms with E-state index >= 15 is 0 Å². The molecule has 1 heterocycles. The number of aromatic nitrogens is 2. The lowest BCUT2D eigenvalue weighted by Crippen LogP contribution is -2.38. The molecule has 1 aromatic rings. The number of nitrogens with zero attached hydrogens (tertiary/aromatic N) is 2. The maximum atomic E-state index is 6.12. The molecule has 1 aliphatic carbocycles. The second-order valence-electron chi connectivity index (χ2n) is 4.89. The molecule has 1 aliphatic rings. The van der Waals surface area contributed by atoms with E-state index in [1.54, 1.807) is 0 Å². The molecule has 0 bridgehead atoms. The lowest BCUT2D eigenvalue weighted by Gasteiger charge is -2.21. The molecule has 1 saturated carbocycles. The van der Waals surface area contributed by atoms with E-state index in [0.717, 1.165) is 24.2 Å². The highest BCUT2D eigenvalue weighted by Gasteiger charge is 2.22. The second-order valence-corrected chi connectivity index (χ2v) is 4.89. The molecule has 0 saturated heterocycles. The summed E-state index contributed by atoms with van der Waals surface area (Å²) in [5.74, 6) is 0. The van der Waals surface area contributed by atoms with Gasteiger partial charge in [-0.25, -0.2) is 9.97 Å². The number of nitrogens with two attached hydrogens (primary N) is 1. The number of ether oxygens (including phenoxy) is 1. The van der Waals surface area contributed by atoms with Crippen LogP contribution in [0.1, 0.15) is 43.5 Å². The molecular weight excluding hydrogens is 214 g/mol. The summed E-state index contributed by atoms with van der Waals surface area (Å²) in [6.07, 6.45) is 5.75. The van der Waals surface area contributed by atoms with E-state index in [4.69, 9.17) is 10.5 Å². The van der Waals surface area contributed by atoms with Crippen molar-refractivity contribution in [1.29, 1.82) is 0 Å². The first kappa shape index (κ1) is 12.3. The van der Waals surface area contributed by atoms with Crippen molar-refractivity contribution in [3.8, 4) is 6.01 Å². The molecule has 0 aromatic carbocycles. The third-order valence-electron chi connectivity index (χ3n) is 3.22. The Kier molecular flexibility index (Phi) is 3.94. The van der Waals surface area contributed by atoms with Gasteiger partial charge in [0, 0.05) is 17.4 Å². The first-order chi connectivity index (χ1) is 8.15. The third kappa shape index (κ3) is 3.40. The molecule has 1 fully saturated rings. The predicted molar refractivity (Wildman–Crippen MR) is 67.0 cm³/mol. The third-order valence-corrected chi connectivity index (χ3v) is 3.22. The van der Waals surface area contributed by atoms with E-state index in [-0.39, 0.29) is 12.1 Å². The van der Waals surface area contributed by atoms with Crippen molar-refractivity contribution in [3.63, 3.8) is 0 Å². The van der Waals surface area contributed by atoms with Crippen LogP contribution in [0.5, 0.6) is 6.01 Å². The van der Waals surface area contributed by atoms with Crippen molar-refractivity contribution in [2.45, 2.75) is 58.1 Å². The fourth-order valence-electron chi connectivity index (χ4n) is 2.33. The van der Waals surface area contributed by atoms with Crippen molar-refractivity contribution >= 4 is 0 Å². The average Bonchev–Trinajstić information content (AvgIpc) is 2.43. The quantitative estimate of drug-likeness (QED) is 0.798. The molecule has 2 N–H and O–H groups in total. The molecule has 0 aliphatic heterocycles. The molecule has 1 aromatic heterocycles. The SMILES string of the molecule is Cc1cc(C)nc(OC2CCCCCC2N)n1. The Labute approximate surface area is 103 Å². The first-order valence-corrected chi connectivity index (χ1v) is 6.39. The van der Waals surface area contributed by atoms with Crippen LogP contribution in [0.4, 0.5) is 0 Å². The highest BCUT2D eigenvalue weighted by molar-refractivity contribution is 5.11. The molecule has 2 unspecified atom stereocenters. The number of rotatable bonds is 2. The predicted octanol–water partition coefficient (Wildman–Crippen LogP) is 2.13. The van der Waals surface area contributed by atoms with E-state index in [9.17, 15) is 0 Å². The topological polar surface area (TPSA) is 61.0 Å². The fraction of sp³-hybridized carbons (Fsp3) is 0.692. The van der Waals surface area contributed by atoms with Crippen molar-refractivity contribution < 1.29 is 4.74 Å². The van der Waals surface area contributed by atoms with Gasteiger partial charge in [-0.3, -0.25) is 0 Å². The summed E-state index contributed by atoms with van der Waals surface area (Å²) in [7, 11) is 0. The summed E-state index contributed by atoms with van der Waals surface area (Å²) < 4.78 is 5.86. The number of aryl methyl sites for hydroxylation is 2. The average molecular weight is 235 g/mol. The van der Waals surface area contributed by atoms with Gasteiger partial charge in [-0.15, -0.1) is 0 Å². The van der Waals surface area contributed by atoms with Crippen molar-refractivity contribution in [1.82, 2.24) is 9.97 Å². The summed E-state index contributed by atoms with van der Waals surface area (Å²) in [5.41, 5.74) is 8.00. The lowest BCUT2D eigenvalue weighted by molar-refractivity contribution is 0.148. The van der Waals surface area contributed by atoms with Crippen LogP contribution < -0.4 is 10.5 Å². The Balaban J connectivity index is 2.07. The van der Waals surface area contributed by atoms with Crippen LogP contribution >= 0.6 is 0 Å². The van der Waals surface area contributed by atoms with Crippen molar-refractivity contribution in [3.05, 3.63) is 17.5 Å². The monoisotopic (exact) mass is 235 g/mol. The molecule has 2 atom stereocenters. The van der Waals surface area contributed by atoms with Crippen LogP contribution in [0.25, 0.3) is 0 Å². The molecule has 0 amide bonds. The fourth-order valence-corrected chi connectivity index (χ4v) is 2.33. The Hall–Kier alpha value is -1.16. The van der Waals surface area contributed by atoms with Gasteiger partial charge >= 0.3 is 6.01 Å². The van der Waals surface area contributed by atoms with Crippen molar-refractivity contribution in [2.75, 3.05) is 0 Å². The van der Waals surface area contributed by atoms with Crippen molar-refractivity contribution in [2.24, 2.45) is 5.73 Å². The summed E-state index contributed by atoms with van der Waals surface area (Å²) >= 11 is 0. The standard InChI is InChI=1S/C13H21N3O/c1-9-8-10(2)16-13(15-9)17-12-7-5-3-4-6-11(12)14/h8,11-12H,3-7,14H2,1-2H3. The Morgan fingerprint density at radius 2 is 1.76 bits per heavy atom. The largest absolute Gasteiger partial charge is 0.458 e. The van der Waals surface area contributed by atoms with Gasteiger partial charge < -0.3 is 10.5 Å². The van der Waals surface area contributed by atoms with Crippen LogP contribution in [0.15, 0.2) is 6.07 Å². The van der Waals surface area contributed by atoms with Crippen LogP contribution in [0.2, 0.25) is 0 Å². The van der Waals surface area contributed by atoms with Gasteiger partial charge in [0.1, 0.15) is 6.10 Å². The molecule has 0 spiro atoms. The smallest absolute Gasteiger partial charge is 0.317 e. The highest BCUT2D eigenvalue weighted by atomic mass is 16.5. The van der Waals surface area contributed by atoms with Crippen LogP contribution in [-0.2, 0) is 0 Å². The minimum atomic E-state index is 0.0682. The zero-order valence-corrected chi connectivity index (χ0v) is 10.6. The number of hydrogen-bond donors (Lipinski definition) is 1. The van der Waals surface area contributed by atoms with Gasteiger partial charge in [-0.2, -0.15) is 0 Å². The molecule has 2 rings (SSSR count). The Morgan fingerprint density at radius 3 is 2.47 bits per heavy atom. The minimum Gasteiger partial charge on any atom is -0.458 e. The first-order valence-electron chi connectivity index (χ1n) is 6.39. The van der Waals surface area contributed by atoms with E-state index < -0.39 is 0 Å². The summed E-state index contributed by atoms with van der Waals surface area (Å²) in [6.45, 7) is 3.91. The molecule has 94 valence electrons. The van der Waals surface area contributed by atoms with Gasteiger partial charge in [0.15, 0.2) is 0 Å². The number of hydrogen-bond acceptors (Lipinski definition) is 4. The highest BCUT2D eigenvalue weighted by Crippen LogP contribution is 2.20. The second kappa shape index (κ2) is 5.45.